The predicted molar refractivity (Wildman–Crippen MR) is 33.2 cm³/mol. The van der Waals surface area contributed by atoms with Crippen LogP contribution in [0.5, 0.6) is 0 Å². The third-order valence-corrected chi connectivity index (χ3v) is 1.00. The van der Waals surface area contributed by atoms with Crippen LogP contribution < -0.4 is 0 Å². The predicted octanol–water partition coefficient (Wildman–Crippen LogP) is 0.137. The molecule has 11 heavy (non-hydrogen) atoms. The molecule has 0 bridgehead atoms. The maximum absolute atomic E-state index is 10.6. The Morgan fingerprint density at radius 2 is 1.91 bits per heavy atom. The van der Waals surface area contributed by atoms with Crippen LogP contribution in [0.15, 0.2) is 0 Å². The monoisotopic (exact) mass is 200 g/mol. The normalized spacial score (nSPS) is 8.64. The fourth-order valence-corrected chi connectivity index (χ4v) is 0.246. The molecule has 0 amide bonds. The molecule has 5 heteroatoms. The third kappa shape index (κ3) is 4.70. The van der Waals surface area contributed by atoms with Crippen molar-refractivity contribution in [3.8, 4) is 0 Å². The van der Waals surface area contributed by atoms with Crippen LogP contribution in [0.3, 0.4) is 0 Å². The molecule has 0 unspecified atom stereocenters. The maximum atomic E-state index is 10.6. The van der Waals surface area contributed by atoms with Crippen LogP contribution in [0.2, 0.25) is 0 Å². The molecule has 0 aliphatic rings. The fraction of sp³-hybridized carbons (Fsp3) is 0.500. The summed E-state index contributed by atoms with van der Waals surface area (Å²) in [5.74, 6) is -1.31. The Balaban J connectivity index is 3.63. The minimum absolute atomic E-state index is 0.170. The summed E-state index contributed by atoms with van der Waals surface area (Å²) in [6, 6.07) is 0. The van der Waals surface area contributed by atoms with Crippen LogP contribution in [0.25, 0.3) is 0 Å². The van der Waals surface area contributed by atoms with Crippen molar-refractivity contribution in [1.82, 2.24) is 0 Å². The van der Waals surface area contributed by atoms with E-state index in [4.69, 9.17) is 0 Å². The standard InChI is InChI=1S/C6H8O4.Fe/c1-3-5(7)9-10-6(8)4-2;/h3H2,1-2H3;. The van der Waals surface area contributed by atoms with Gasteiger partial charge in [0.2, 0.25) is 0 Å². The van der Waals surface area contributed by atoms with E-state index in [2.05, 4.69) is 25.4 Å². The van der Waals surface area contributed by atoms with Crippen molar-refractivity contribution in [1.29, 1.82) is 0 Å². The molecule has 0 aromatic rings. The van der Waals surface area contributed by atoms with E-state index in [-0.39, 0.29) is 10.8 Å². The molecular formula is C6H8FeO4. The van der Waals surface area contributed by atoms with E-state index < -0.39 is 11.9 Å². The summed E-state index contributed by atoms with van der Waals surface area (Å²) in [4.78, 5) is 29.1. The number of hydrogen-bond acceptors (Lipinski definition) is 4. The zero-order chi connectivity index (χ0) is 8.85. The van der Waals surface area contributed by atoms with E-state index in [9.17, 15) is 9.59 Å². The van der Waals surface area contributed by atoms with Gasteiger partial charge in [0.25, 0.3) is 0 Å². The number of hydrogen-bond donors (Lipinski definition) is 0. The third-order valence-electron chi connectivity index (χ3n) is 0.775. The van der Waals surface area contributed by atoms with Gasteiger partial charge >= 0.3 is 71.6 Å². The van der Waals surface area contributed by atoms with E-state index >= 15 is 0 Å². The second kappa shape index (κ2) is 5.04. The molecule has 0 rings (SSSR count). The van der Waals surface area contributed by atoms with Gasteiger partial charge in [0.1, 0.15) is 0 Å². The van der Waals surface area contributed by atoms with Crippen molar-refractivity contribution >= 4 is 16.4 Å². The first kappa shape index (κ1) is 10.3. The quantitative estimate of drug-likeness (QED) is 0.361. The van der Waals surface area contributed by atoms with Crippen molar-refractivity contribution in [2.45, 2.75) is 20.3 Å². The molecule has 0 aromatic carbocycles. The van der Waals surface area contributed by atoms with Gasteiger partial charge in [0.15, 0.2) is 0 Å². The Hall–Kier alpha value is -0.671. The van der Waals surface area contributed by atoms with Crippen molar-refractivity contribution < 1.29 is 34.9 Å². The summed E-state index contributed by atoms with van der Waals surface area (Å²) in [7, 11) is 0. The van der Waals surface area contributed by atoms with Gasteiger partial charge in [-0.05, 0) is 0 Å². The topological polar surface area (TPSA) is 52.6 Å². The molecule has 0 fully saturated rings. The molecular weight excluding hydrogens is 192 g/mol. The van der Waals surface area contributed by atoms with Gasteiger partial charge in [-0.15, -0.1) is 0 Å². The second-order valence-electron chi connectivity index (χ2n) is 1.69. The van der Waals surface area contributed by atoms with Gasteiger partial charge in [0, 0.05) is 0 Å². The van der Waals surface area contributed by atoms with Crippen LogP contribution in [0.1, 0.15) is 20.3 Å². The van der Waals surface area contributed by atoms with Crippen LogP contribution in [-0.4, -0.2) is 16.4 Å². The van der Waals surface area contributed by atoms with Gasteiger partial charge in [-0.2, -0.15) is 0 Å². The van der Waals surface area contributed by atoms with Gasteiger partial charge in [-0.25, -0.2) is 0 Å². The van der Waals surface area contributed by atoms with Gasteiger partial charge in [0.05, 0.1) is 0 Å². The van der Waals surface area contributed by atoms with Crippen LogP contribution in [-0.2, 0) is 34.9 Å². The van der Waals surface area contributed by atoms with E-state index in [1.165, 1.54) is 6.92 Å². The summed E-state index contributed by atoms with van der Waals surface area (Å²) < 4.78 is 0.189. The fourth-order valence-electron chi connectivity index (χ4n) is 0.200. The second-order valence-corrected chi connectivity index (χ2v) is 2.52. The van der Waals surface area contributed by atoms with Crippen LogP contribution in [0.4, 0.5) is 0 Å². The molecule has 0 radical (unpaired) electrons. The van der Waals surface area contributed by atoms with E-state index in [1.807, 2.05) is 0 Å². The molecule has 0 spiro atoms. The molecule has 0 aromatic heterocycles. The molecule has 0 saturated carbocycles. The van der Waals surface area contributed by atoms with Crippen LogP contribution in [0, 0.1) is 0 Å². The first-order valence-electron chi connectivity index (χ1n) is 2.97. The Morgan fingerprint density at radius 3 is 2.27 bits per heavy atom. The average molecular weight is 200 g/mol. The van der Waals surface area contributed by atoms with Crippen LogP contribution >= 0.6 is 0 Å². The van der Waals surface area contributed by atoms with Crippen molar-refractivity contribution in [2.24, 2.45) is 0 Å². The average Bonchev–Trinajstić information content (AvgIpc) is 1.99. The molecule has 4 nitrogen and oxygen atoms in total. The number of carbonyl (C=O) groups excluding carboxylic acids is 2. The van der Waals surface area contributed by atoms with E-state index in [0.29, 0.717) is 0 Å². The van der Waals surface area contributed by atoms with E-state index in [1.54, 1.807) is 6.92 Å². The summed E-state index contributed by atoms with van der Waals surface area (Å²) in [6.07, 6.45) is 0.170. The zero-order valence-corrected chi connectivity index (χ0v) is 7.30. The molecule has 0 aliphatic carbocycles. The summed E-state index contributed by atoms with van der Waals surface area (Å²) in [5, 5.41) is 0. The number of rotatable bonds is 2. The molecule has 0 N–H and O–H groups in total. The molecule has 64 valence electrons. The Morgan fingerprint density at radius 1 is 1.36 bits per heavy atom. The van der Waals surface area contributed by atoms with Gasteiger partial charge in [-0.1, -0.05) is 0 Å². The number of carbonyl (C=O) groups is 2. The Kier molecular flexibility index (Phi) is 4.74. The molecule has 0 heterocycles. The summed E-state index contributed by atoms with van der Waals surface area (Å²) in [6.45, 7) is 3.05. The van der Waals surface area contributed by atoms with Gasteiger partial charge in [-0.3, -0.25) is 0 Å². The van der Waals surface area contributed by atoms with Crippen molar-refractivity contribution in [2.75, 3.05) is 0 Å². The van der Waals surface area contributed by atoms with Gasteiger partial charge < -0.3 is 0 Å². The summed E-state index contributed by atoms with van der Waals surface area (Å²) >= 11 is 3.29. The minimum atomic E-state index is -0.730. The Labute approximate surface area is 72.1 Å². The first-order chi connectivity index (χ1) is 5.07. The molecule has 0 aliphatic heterocycles. The Bertz CT molecular complexity index is 187. The first-order valence-corrected chi connectivity index (χ1v) is 3.52. The van der Waals surface area contributed by atoms with Crippen molar-refractivity contribution in [3.05, 3.63) is 0 Å². The SMILES string of the molecule is CCC(=O)OOC(=O)[C](C)=[Fe]. The molecule has 0 atom stereocenters. The zero-order valence-electron chi connectivity index (χ0n) is 6.19. The van der Waals surface area contributed by atoms with Crippen molar-refractivity contribution in [3.63, 3.8) is 0 Å². The molecule has 0 saturated heterocycles. The van der Waals surface area contributed by atoms with E-state index in [0.717, 1.165) is 0 Å². The summed E-state index contributed by atoms with van der Waals surface area (Å²) in [5.41, 5.74) is 0.